The van der Waals surface area contributed by atoms with Gasteiger partial charge in [-0.1, -0.05) is 6.07 Å². The van der Waals surface area contributed by atoms with Crippen molar-refractivity contribution < 1.29 is 9.53 Å². The first-order chi connectivity index (χ1) is 11.2. The second-order valence-electron chi connectivity index (χ2n) is 7.39. The fraction of sp³-hybridized carbons (Fsp3) is 0.667. The highest BCUT2D eigenvalue weighted by molar-refractivity contribution is 5.95. The summed E-state index contributed by atoms with van der Waals surface area (Å²) in [5, 5.41) is 0. The third-order valence-electron chi connectivity index (χ3n) is 5.62. The molecule has 4 rings (SSSR count). The number of ether oxygens (including phenoxy) is 1. The Morgan fingerprint density at radius 1 is 1.26 bits per heavy atom. The summed E-state index contributed by atoms with van der Waals surface area (Å²) in [6, 6.07) is 5.78. The monoisotopic (exact) mass is 315 g/mol. The van der Waals surface area contributed by atoms with Crippen molar-refractivity contribution in [3.63, 3.8) is 0 Å². The van der Waals surface area contributed by atoms with Crippen LogP contribution in [0, 0.1) is 11.3 Å². The predicted molar refractivity (Wildman–Crippen MR) is 88.2 cm³/mol. The maximum Gasteiger partial charge on any atom is 0.228 e. The Hall–Kier alpha value is -1.46. The maximum absolute atomic E-state index is 12.5. The lowest BCUT2D eigenvalue weighted by molar-refractivity contribution is -0.117. The van der Waals surface area contributed by atoms with Gasteiger partial charge in [-0.15, -0.1) is 0 Å². The van der Waals surface area contributed by atoms with E-state index in [1.807, 2.05) is 23.1 Å². The van der Waals surface area contributed by atoms with E-state index in [0.29, 0.717) is 6.42 Å². The van der Waals surface area contributed by atoms with Gasteiger partial charge < -0.3 is 9.64 Å². The maximum atomic E-state index is 12.5. The van der Waals surface area contributed by atoms with Crippen LogP contribution in [-0.2, 0) is 9.53 Å². The van der Waals surface area contributed by atoms with Crippen LogP contribution in [0.25, 0.3) is 0 Å². The molecule has 0 bridgehead atoms. The van der Waals surface area contributed by atoms with Crippen LogP contribution in [0.3, 0.4) is 0 Å². The molecule has 0 aromatic carbocycles. The number of carbonyl (C=O) groups excluding carboxylic acids is 1. The molecule has 1 amide bonds. The SMILES string of the molecule is O=C1C[C@]2(CCN(CC3CCOCC3)C2)CN1c1ccccn1. The number of rotatable bonds is 3. The van der Waals surface area contributed by atoms with Crippen LogP contribution in [0.15, 0.2) is 24.4 Å². The minimum Gasteiger partial charge on any atom is -0.381 e. The van der Waals surface area contributed by atoms with Gasteiger partial charge in [0.1, 0.15) is 5.82 Å². The number of amides is 1. The summed E-state index contributed by atoms with van der Waals surface area (Å²) in [6.45, 7) is 6.00. The molecule has 1 aromatic heterocycles. The normalized spacial score (nSPS) is 29.7. The largest absolute Gasteiger partial charge is 0.381 e. The zero-order valence-corrected chi connectivity index (χ0v) is 13.6. The lowest BCUT2D eigenvalue weighted by atomic mass is 9.86. The van der Waals surface area contributed by atoms with Crippen molar-refractivity contribution in [1.82, 2.24) is 9.88 Å². The molecule has 1 aromatic rings. The van der Waals surface area contributed by atoms with Crippen molar-refractivity contribution in [2.45, 2.75) is 25.7 Å². The molecule has 0 N–H and O–H groups in total. The third-order valence-corrected chi connectivity index (χ3v) is 5.62. The molecule has 0 unspecified atom stereocenters. The van der Waals surface area contributed by atoms with Crippen LogP contribution in [0.5, 0.6) is 0 Å². The van der Waals surface area contributed by atoms with E-state index < -0.39 is 0 Å². The smallest absolute Gasteiger partial charge is 0.228 e. The summed E-state index contributed by atoms with van der Waals surface area (Å²) in [7, 11) is 0. The number of nitrogens with zero attached hydrogens (tertiary/aromatic N) is 3. The van der Waals surface area contributed by atoms with Crippen LogP contribution < -0.4 is 4.90 Å². The summed E-state index contributed by atoms with van der Waals surface area (Å²) in [5.74, 6) is 1.80. The molecule has 0 radical (unpaired) electrons. The molecule has 3 aliphatic heterocycles. The van der Waals surface area contributed by atoms with Crippen LogP contribution in [0.4, 0.5) is 5.82 Å². The Bertz CT molecular complexity index is 559. The van der Waals surface area contributed by atoms with E-state index in [4.69, 9.17) is 4.74 Å². The summed E-state index contributed by atoms with van der Waals surface area (Å²) < 4.78 is 5.46. The molecule has 3 aliphatic rings. The molecule has 124 valence electrons. The Labute approximate surface area is 137 Å². The second-order valence-corrected chi connectivity index (χ2v) is 7.39. The lowest BCUT2D eigenvalue weighted by Crippen LogP contribution is -2.34. The molecular weight excluding hydrogens is 290 g/mol. The second kappa shape index (κ2) is 6.21. The van der Waals surface area contributed by atoms with Crippen molar-refractivity contribution in [2.24, 2.45) is 11.3 Å². The highest BCUT2D eigenvalue weighted by Gasteiger charge is 2.48. The molecule has 3 fully saturated rings. The molecule has 5 heteroatoms. The zero-order chi connectivity index (χ0) is 15.7. The average molecular weight is 315 g/mol. The Morgan fingerprint density at radius 3 is 2.91 bits per heavy atom. The molecule has 3 saturated heterocycles. The molecule has 5 nitrogen and oxygen atoms in total. The van der Waals surface area contributed by atoms with E-state index >= 15 is 0 Å². The van der Waals surface area contributed by atoms with Crippen LogP contribution in [0.1, 0.15) is 25.7 Å². The van der Waals surface area contributed by atoms with E-state index in [9.17, 15) is 4.79 Å². The highest BCUT2D eigenvalue weighted by atomic mass is 16.5. The van der Waals surface area contributed by atoms with Gasteiger partial charge in [0.2, 0.25) is 5.91 Å². The first-order valence-electron chi connectivity index (χ1n) is 8.76. The molecule has 1 atom stereocenters. The van der Waals surface area contributed by atoms with Gasteiger partial charge >= 0.3 is 0 Å². The summed E-state index contributed by atoms with van der Waals surface area (Å²) in [5.41, 5.74) is 0.139. The number of pyridine rings is 1. The average Bonchev–Trinajstić information content (AvgIpc) is 3.12. The van der Waals surface area contributed by atoms with Gasteiger partial charge in [0, 0.05) is 50.9 Å². The zero-order valence-electron chi connectivity index (χ0n) is 13.6. The van der Waals surface area contributed by atoms with E-state index in [1.165, 1.54) is 19.4 Å². The first kappa shape index (κ1) is 15.1. The molecule has 0 aliphatic carbocycles. The van der Waals surface area contributed by atoms with Gasteiger partial charge in [0.05, 0.1) is 0 Å². The number of aromatic nitrogens is 1. The predicted octanol–water partition coefficient (Wildman–Crippen LogP) is 1.94. The van der Waals surface area contributed by atoms with Gasteiger partial charge in [-0.3, -0.25) is 9.69 Å². The number of carbonyl (C=O) groups is 1. The Balaban J connectivity index is 1.39. The van der Waals surface area contributed by atoms with Gasteiger partial charge in [0.15, 0.2) is 0 Å². The summed E-state index contributed by atoms with van der Waals surface area (Å²) in [6.07, 6.45) is 5.93. The molecule has 4 heterocycles. The van der Waals surface area contributed by atoms with E-state index in [0.717, 1.165) is 51.0 Å². The van der Waals surface area contributed by atoms with Crippen LogP contribution in [0.2, 0.25) is 0 Å². The topological polar surface area (TPSA) is 45.7 Å². The van der Waals surface area contributed by atoms with E-state index in [-0.39, 0.29) is 11.3 Å². The first-order valence-corrected chi connectivity index (χ1v) is 8.76. The van der Waals surface area contributed by atoms with Gasteiger partial charge in [-0.05, 0) is 43.9 Å². The van der Waals surface area contributed by atoms with Crippen molar-refractivity contribution in [2.75, 3.05) is 44.3 Å². The minimum atomic E-state index is 0.139. The van der Waals surface area contributed by atoms with E-state index in [2.05, 4.69) is 9.88 Å². The van der Waals surface area contributed by atoms with Crippen molar-refractivity contribution in [3.05, 3.63) is 24.4 Å². The number of hydrogen-bond acceptors (Lipinski definition) is 4. The van der Waals surface area contributed by atoms with Gasteiger partial charge in [-0.25, -0.2) is 4.98 Å². The fourth-order valence-corrected chi connectivity index (χ4v) is 4.37. The van der Waals surface area contributed by atoms with Gasteiger partial charge in [0.25, 0.3) is 0 Å². The van der Waals surface area contributed by atoms with Crippen molar-refractivity contribution in [3.8, 4) is 0 Å². The molecule has 0 saturated carbocycles. The minimum absolute atomic E-state index is 0.139. The summed E-state index contributed by atoms with van der Waals surface area (Å²) in [4.78, 5) is 21.3. The number of hydrogen-bond donors (Lipinski definition) is 0. The fourth-order valence-electron chi connectivity index (χ4n) is 4.37. The quantitative estimate of drug-likeness (QED) is 0.855. The lowest BCUT2D eigenvalue weighted by Gasteiger charge is -2.28. The van der Waals surface area contributed by atoms with Crippen LogP contribution in [-0.4, -0.2) is 55.2 Å². The number of anilines is 1. The Kier molecular flexibility index (Phi) is 4.07. The summed E-state index contributed by atoms with van der Waals surface area (Å²) >= 11 is 0. The van der Waals surface area contributed by atoms with Crippen molar-refractivity contribution in [1.29, 1.82) is 0 Å². The highest BCUT2D eigenvalue weighted by Crippen LogP contribution is 2.41. The van der Waals surface area contributed by atoms with Crippen LogP contribution >= 0.6 is 0 Å². The molecule has 1 spiro atoms. The third kappa shape index (κ3) is 3.12. The molecular formula is C18H25N3O2. The molecule has 23 heavy (non-hydrogen) atoms. The van der Waals surface area contributed by atoms with Crippen molar-refractivity contribution >= 4 is 11.7 Å². The van der Waals surface area contributed by atoms with Gasteiger partial charge in [-0.2, -0.15) is 0 Å². The number of likely N-dealkylation sites (tertiary alicyclic amines) is 1. The standard InChI is InChI=1S/C18H25N3O2/c22-17-11-18(14-21(17)16-3-1-2-7-19-16)6-8-20(13-18)12-15-4-9-23-10-5-15/h1-3,7,15H,4-6,8-14H2/t18-/m0/s1. The van der Waals surface area contributed by atoms with E-state index in [1.54, 1.807) is 6.20 Å². The Morgan fingerprint density at radius 2 is 2.13 bits per heavy atom.